The molecule has 114 valence electrons. The molecule has 1 N–H and O–H groups in total. The van der Waals surface area contributed by atoms with E-state index in [0.29, 0.717) is 6.54 Å². The molecule has 0 radical (unpaired) electrons. The third kappa shape index (κ3) is 3.94. The van der Waals surface area contributed by atoms with Crippen LogP contribution in [0, 0.1) is 13.8 Å². The van der Waals surface area contributed by atoms with E-state index < -0.39 is 11.5 Å². The van der Waals surface area contributed by atoms with E-state index >= 15 is 0 Å². The number of nitrogens with zero attached hydrogens (tertiary/aromatic N) is 1. The Kier molecular flexibility index (Phi) is 5.30. The molecule has 0 aromatic heterocycles. The molecule has 0 aliphatic rings. The normalized spacial score (nSPS) is 11.7. The predicted molar refractivity (Wildman–Crippen MR) is 84.1 cm³/mol. The van der Waals surface area contributed by atoms with Crippen LogP contribution in [-0.2, 0) is 9.59 Å². The Balaban J connectivity index is 2.98. The van der Waals surface area contributed by atoms with Crippen molar-refractivity contribution in [2.24, 2.45) is 0 Å². The molecule has 0 aliphatic carbocycles. The highest BCUT2D eigenvalue weighted by atomic mass is 16.4. The van der Waals surface area contributed by atoms with Gasteiger partial charge in [-0.05, 0) is 51.8 Å². The molecular formula is C17H23NO3. The molecule has 1 aromatic carbocycles. The predicted octanol–water partition coefficient (Wildman–Crippen LogP) is 3.03. The molecule has 4 nitrogen and oxygen atoms in total. The molecule has 1 rings (SSSR count). The molecule has 0 spiro atoms. The summed E-state index contributed by atoms with van der Waals surface area (Å²) in [5, 5.41) is 9.23. The van der Waals surface area contributed by atoms with Gasteiger partial charge in [-0.25, -0.2) is 4.79 Å². The molecule has 1 aromatic rings. The first-order valence-electron chi connectivity index (χ1n) is 7.00. The Bertz CT molecular complexity index is 573. The van der Waals surface area contributed by atoms with Crippen molar-refractivity contribution < 1.29 is 14.7 Å². The minimum atomic E-state index is -1.22. The van der Waals surface area contributed by atoms with Gasteiger partial charge in [0.2, 0.25) is 5.91 Å². The number of amides is 1. The fourth-order valence-corrected chi connectivity index (χ4v) is 2.21. The van der Waals surface area contributed by atoms with E-state index in [-0.39, 0.29) is 5.91 Å². The van der Waals surface area contributed by atoms with Crippen LogP contribution in [0.2, 0.25) is 0 Å². The maximum absolute atomic E-state index is 12.3. The average Bonchev–Trinajstić information content (AvgIpc) is 2.38. The molecule has 0 atom stereocenters. The van der Waals surface area contributed by atoms with Crippen LogP contribution >= 0.6 is 0 Å². The van der Waals surface area contributed by atoms with Crippen LogP contribution in [0.25, 0.3) is 6.08 Å². The van der Waals surface area contributed by atoms with Crippen LogP contribution in [0.3, 0.4) is 0 Å². The van der Waals surface area contributed by atoms with E-state index in [9.17, 15) is 14.7 Å². The summed E-state index contributed by atoms with van der Waals surface area (Å²) in [7, 11) is 0. The van der Waals surface area contributed by atoms with E-state index in [4.69, 9.17) is 0 Å². The van der Waals surface area contributed by atoms with Crippen LogP contribution in [0.1, 0.15) is 37.5 Å². The smallest absolute Gasteiger partial charge is 0.329 e. The maximum atomic E-state index is 12.3. The number of hydrogen-bond donors (Lipinski definition) is 1. The highest BCUT2D eigenvalue weighted by Crippen LogP contribution is 2.17. The number of benzene rings is 1. The molecule has 0 bridgehead atoms. The number of hydrogen-bond acceptors (Lipinski definition) is 2. The number of likely N-dealkylation sites (N-methyl/N-ethyl adjacent to an activating group) is 1. The van der Waals surface area contributed by atoms with Gasteiger partial charge in [0, 0.05) is 12.6 Å². The van der Waals surface area contributed by atoms with Crippen molar-refractivity contribution in [2.45, 2.75) is 40.2 Å². The van der Waals surface area contributed by atoms with E-state index in [1.807, 2.05) is 32.0 Å². The lowest BCUT2D eigenvalue weighted by molar-refractivity contribution is -0.154. The number of carboxylic acids is 1. The van der Waals surface area contributed by atoms with Gasteiger partial charge in [-0.15, -0.1) is 0 Å². The van der Waals surface area contributed by atoms with Crippen molar-refractivity contribution in [3.8, 4) is 0 Å². The summed E-state index contributed by atoms with van der Waals surface area (Å²) in [6.07, 6.45) is 3.17. The summed E-state index contributed by atoms with van der Waals surface area (Å²) in [6, 6.07) is 5.98. The van der Waals surface area contributed by atoms with Crippen LogP contribution < -0.4 is 0 Å². The van der Waals surface area contributed by atoms with Gasteiger partial charge in [-0.1, -0.05) is 23.8 Å². The molecule has 0 heterocycles. The van der Waals surface area contributed by atoms with Gasteiger partial charge < -0.3 is 10.0 Å². The Morgan fingerprint density at radius 2 is 1.90 bits per heavy atom. The van der Waals surface area contributed by atoms with Crippen molar-refractivity contribution in [2.75, 3.05) is 6.54 Å². The molecule has 4 heteroatoms. The quantitative estimate of drug-likeness (QED) is 0.848. The Labute approximate surface area is 126 Å². The molecule has 21 heavy (non-hydrogen) atoms. The molecule has 1 amide bonds. The van der Waals surface area contributed by atoms with Crippen molar-refractivity contribution in [3.63, 3.8) is 0 Å². The molecule has 0 unspecified atom stereocenters. The molecule has 0 fully saturated rings. The Hall–Kier alpha value is -2.10. The fourth-order valence-electron chi connectivity index (χ4n) is 2.21. The zero-order chi connectivity index (χ0) is 16.2. The highest BCUT2D eigenvalue weighted by Gasteiger charge is 2.35. The first-order chi connectivity index (χ1) is 9.70. The second-order valence-electron chi connectivity index (χ2n) is 5.64. The minimum absolute atomic E-state index is 0.301. The van der Waals surface area contributed by atoms with Gasteiger partial charge in [-0.3, -0.25) is 4.79 Å². The summed E-state index contributed by atoms with van der Waals surface area (Å²) < 4.78 is 0. The first kappa shape index (κ1) is 17.0. The zero-order valence-electron chi connectivity index (χ0n) is 13.3. The lowest BCUT2D eigenvalue weighted by atomic mass is 10.0. The number of carbonyl (C=O) groups is 2. The van der Waals surface area contributed by atoms with Gasteiger partial charge in [-0.2, -0.15) is 0 Å². The lowest BCUT2D eigenvalue weighted by Crippen LogP contribution is -2.52. The third-order valence-corrected chi connectivity index (χ3v) is 3.61. The Morgan fingerprint density at radius 3 is 2.38 bits per heavy atom. The van der Waals surface area contributed by atoms with E-state index in [2.05, 4.69) is 0 Å². The summed E-state index contributed by atoms with van der Waals surface area (Å²) in [5.74, 6) is -1.32. The topological polar surface area (TPSA) is 57.6 Å². The van der Waals surface area contributed by atoms with E-state index in [1.165, 1.54) is 24.8 Å². The zero-order valence-corrected chi connectivity index (χ0v) is 13.3. The standard InChI is InChI=1S/C17H23NO3/c1-6-18(17(4,5)16(20)21)15(19)10-9-14-8-7-12(2)11-13(14)3/h7-11H,6H2,1-5H3,(H,20,21). The van der Waals surface area contributed by atoms with Gasteiger partial charge >= 0.3 is 5.97 Å². The summed E-state index contributed by atoms with van der Waals surface area (Å²) in [6.45, 7) is 9.17. The number of carbonyl (C=O) groups excluding carboxylic acids is 1. The number of rotatable bonds is 5. The minimum Gasteiger partial charge on any atom is -0.480 e. The monoisotopic (exact) mass is 289 g/mol. The summed E-state index contributed by atoms with van der Waals surface area (Å²) >= 11 is 0. The number of aryl methyl sites for hydroxylation is 2. The summed E-state index contributed by atoms with van der Waals surface area (Å²) in [5.41, 5.74) is 1.98. The molecule has 0 saturated heterocycles. The largest absolute Gasteiger partial charge is 0.480 e. The average molecular weight is 289 g/mol. The Morgan fingerprint density at radius 1 is 1.29 bits per heavy atom. The number of carboxylic acid groups (broad SMARTS) is 1. The molecular weight excluding hydrogens is 266 g/mol. The molecule has 0 aliphatic heterocycles. The highest BCUT2D eigenvalue weighted by molar-refractivity contribution is 5.95. The van der Waals surface area contributed by atoms with E-state index in [0.717, 1.165) is 16.7 Å². The third-order valence-electron chi connectivity index (χ3n) is 3.61. The van der Waals surface area contributed by atoms with Crippen molar-refractivity contribution in [3.05, 3.63) is 41.0 Å². The maximum Gasteiger partial charge on any atom is 0.329 e. The van der Waals surface area contributed by atoms with Gasteiger partial charge in [0.15, 0.2) is 0 Å². The van der Waals surface area contributed by atoms with Crippen LogP contribution in [0.4, 0.5) is 0 Å². The first-order valence-corrected chi connectivity index (χ1v) is 7.00. The van der Waals surface area contributed by atoms with Crippen molar-refractivity contribution >= 4 is 18.0 Å². The van der Waals surface area contributed by atoms with Gasteiger partial charge in [0.25, 0.3) is 0 Å². The van der Waals surface area contributed by atoms with Crippen LogP contribution in [0.5, 0.6) is 0 Å². The van der Waals surface area contributed by atoms with Gasteiger partial charge in [0.05, 0.1) is 0 Å². The lowest BCUT2D eigenvalue weighted by Gasteiger charge is -2.33. The van der Waals surface area contributed by atoms with Crippen LogP contribution in [0.15, 0.2) is 24.3 Å². The van der Waals surface area contributed by atoms with Gasteiger partial charge in [0.1, 0.15) is 5.54 Å². The van der Waals surface area contributed by atoms with Crippen molar-refractivity contribution in [1.82, 2.24) is 4.90 Å². The molecule has 0 saturated carbocycles. The summed E-state index contributed by atoms with van der Waals surface area (Å²) in [4.78, 5) is 24.9. The van der Waals surface area contributed by atoms with Crippen molar-refractivity contribution in [1.29, 1.82) is 0 Å². The second kappa shape index (κ2) is 6.57. The number of aliphatic carboxylic acids is 1. The second-order valence-corrected chi connectivity index (χ2v) is 5.64. The fraction of sp³-hybridized carbons (Fsp3) is 0.412. The van der Waals surface area contributed by atoms with E-state index in [1.54, 1.807) is 13.0 Å². The van der Waals surface area contributed by atoms with Crippen LogP contribution in [-0.4, -0.2) is 34.0 Å². The SMILES string of the molecule is CCN(C(=O)C=Cc1ccc(C)cc1C)C(C)(C)C(=O)O.